The van der Waals surface area contributed by atoms with Gasteiger partial charge in [-0.05, 0) is 26.7 Å². The minimum atomic E-state index is -1.30. The number of carbonyl (C=O) groups is 2. The minimum absolute atomic E-state index is 0.0372. The highest BCUT2D eigenvalue weighted by atomic mass is 16.6. The number of esters is 2. The van der Waals surface area contributed by atoms with Crippen LogP contribution in [0.2, 0.25) is 0 Å². The first-order chi connectivity index (χ1) is 7.95. The molecule has 5 nitrogen and oxygen atoms in total. The number of hydrogen-bond donors (Lipinski definition) is 0. The van der Waals surface area contributed by atoms with Crippen LogP contribution in [0, 0.1) is 0 Å². The Labute approximate surface area is 101 Å². The lowest BCUT2D eigenvalue weighted by atomic mass is 10.1. The number of ether oxygens (including phenoxy) is 3. The molecule has 17 heavy (non-hydrogen) atoms. The van der Waals surface area contributed by atoms with Crippen LogP contribution in [0.1, 0.15) is 26.7 Å². The second kappa shape index (κ2) is 5.82. The van der Waals surface area contributed by atoms with Crippen molar-refractivity contribution in [1.82, 2.24) is 0 Å². The molecule has 1 fully saturated rings. The van der Waals surface area contributed by atoms with Gasteiger partial charge in [0.25, 0.3) is 0 Å². The topological polar surface area (TPSA) is 61.8 Å². The van der Waals surface area contributed by atoms with Crippen LogP contribution in [0.25, 0.3) is 0 Å². The molecule has 1 saturated heterocycles. The van der Waals surface area contributed by atoms with Crippen LogP contribution in [0.5, 0.6) is 0 Å². The Morgan fingerprint density at radius 1 is 1.53 bits per heavy atom. The average molecular weight is 242 g/mol. The lowest BCUT2D eigenvalue weighted by molar-refractivity contribution is -0.177. The zero-order chi connectivity index (χ0) is 12.9. The monoisotopic (exact) mass is 242 g/mol. The zero-order valence-electron chi connectivity index (χ0n) is 10.2. The van der Waals surface area contributed by atoms with Crippen molar-refractivity contribution < 1.29 is 23.8 Å². The van der Waals surface area contributed by atoms with Gasteiger partial charge in [0.1, 0.15) is 6.61 Å². The van der Waals surface area contributed by atoms with E-state index in [4.69, 9.17) is 14.2 Å². The largest absolute Gasteiger partial charge is 0.460 e. The summed E-state index contributed by atoms with van der Waals surface area (Å²) in [6.07, 6.45) is 2.84. The maximum atomic E-state index is 11.7. The lowest BCUT2D eigenvalue weighted by Crippen LogP contribution is -2.39. The molecule has 96 valence electrons. The third-order valence-corrected chi connectivity index (χ3v) is 2.44. The second-order valence-electron chi connectivity index (χ2n) is 4.37. The van der Waals surface area contributed by atoms with Crippen molar-refractivity contribution in [2.24, 2.45) is 0 Å². The molecule has 1 aliphatic heterocycles. The highest BCUT2D eigenvalue weighted by Crippen LogP contribution is 2.16. The van der Waals surface area contributed by atoms with Crippen LogP contribution < -0.4 is 0 Å². The van der Waals surface area contributed by atoms with E-state index in [1.54, 1.807) is 0 Å². The fraction of sp³-hybridized carbons (Fsp3) is 0.667. The smallest absolute Gasteiger partial charge is 0.350 e. The van der Waals surface area contributed by atoms with Gasteiger partial charge in [0.15, 0.2) is 0 Å². The summed E-state index contributed by atoms with van der Waals surface area (Å²) >= 11 is 0. The molecule has 1 heterocycles. The van der Waals surface area contributed by atoms with E-state index in [1.807, 2.05) is 0 Å². The quantitative estimate of drug-likeness (QED) is 0.535. The normalized spacial score (nSPS) is 19.8. The molecule has 0 N–H and O–H groups in total. The minimum Gasteiger partial charge on any atom is -0.460 e. The first-order valence-corrected chi connectivity index (χ1v) is 5.60. The summed E-state index contributed by atoms with van der Waals surface area (Å²) in [4.78, 5) is 22.7. The van der Waals surface area contributed by atoms with Crippen LogP contribution in [-0.2, 0) is 23.8 Å². The van der Waals surface area contributed by atoms with Crippen LogP contribution >= 0.6 is 0 Å². The van der Waals surface area contributed by atoms with E-state index < -0.39 is 17.5 Å². The molecular formula is C12H18O5. The Bertz CT molecular complexity index is 302. The van der Waals surface area contributed by atoms with Crippen molar-refractivity contribution in [3.8, 4) is 0 Å². The Kier molecular flexibility index (Phi) is 4.69. The Balaban J connectivity index is 2.38. The van der Waals surface area contributed by atoms with Gasteiger partial charge in [0.05, 0.1) is 6.10 Å². The molecule has 0 bridgehead atoms. The van der Waals surface area contributed by atoms with Crippen LogP contribution in [0.4, 0.5) is 0 Å². The van der Waals surface area contributed by atoms with Crippen LogP contribution in [-0.4, -0.2) is 36.9 Å². The highest BCUT2D eigenvalue weighted by molar-refractivity contribution is 5.87. The third-order valence-electron chi connectivity index (χ3n) is 2.44. The summed E-state index contributed by atoms with van der Waals surface area (Å²) in [6, 6.07) is 0. The van der Waals surface area contributed by atoms with Gasteiger partial charge in [-0.1, -0.05) is 6.58 Å². The molecule has 1 rings (SSSR count). The van der Waals surface area contributed by atoms with E-state index in [2.05, 4.69) is 6.58 Å². The van der Waals surface area contributed by atoms with E-state index in [0.29, 0.717) is 6.61 Å². The van der Waals surface area contributed by atoms with Gasteiger partial charge in [-0.15, -0.1) is 0 Å². The van der Waals surface area contributed by atoms with Gasteiger partial charge in [-0.25, -0.2) is 9.59 Å². The molecule has 1 unspecified atom stereocenters. The van der Waals surface area contributed by atoms with Crippen molar-refractivity contribution in [3.63, 3.8) is 0 Å². The predicted molar refractivity (Wildman–Crippen MR) is 60.3 cm³/mol. The maximum Gasteiger partial charge on any atom is 0.350 e. The van der Waals surface area contributed by atoms with Gasteiger partial charge in [0.2, 0.25) is 5.60 Å². The van der Waals surface area contributed by atoms with Crippen molar-refractivity contribution in [3.05, 3.63) is 12.7 Å². The highest BCUT2D eigenvalue weighted by Gasteiger charge is 2.34. The molecule has 0 aliphatic carbocycles. The number of carbonyl (C=O) groups excluding carboxylic acids is 2. The van der Waals surface area contributed by atoms with Crippen molar-refractivity contribution in [1.29, 1.82) is 0 Å². The van der Waals surface area contributed by atoms with E-state index in [9.17, 15) is 9.59 Å². The summed E-state index contributed by atoms with van der Waals surface area (Å²) in [5.41, 5.74) is -1.30. The van der Waals surface area contributed by atoms with Gasteiger partial charge in [0, 0.05) is 12.7 Å². The molecule has 0 aromatic heterocycles. The number of hydrogen-bond acceptors (Lipinski definition) is 5. The molecule has 5 heteroatoms. The van der Waals surface area contributed by atoms with E-state index in [0.717, 1.165) is 18.9 Å². The van der Waals surface area contributed by atoms with E-state index in [1.165, 1.54) is 13.8 Å². The summed E-state index contributed by atoms with van der Waals surface area (Å²) in [5, 5.41) is 0. The molecule has 1 aliphatic rings. The Hall–Kier alpha value is -1.36. The summed E-state index contributed by atoms with van der Waals surface area (Å²) in [5.74, 6) is -1.23. The summed E-state index contributed by atoms with van der Waals surface area (Å²) in [6.45, 7) is 7.13. The Morgan fingerprint density at radius 2 is 2.24 bits per heavy atom. The molecule has 0 spiro atoms. The average Bonchev–Trinajstić information content (AvgIpc) is 2.77. The predicted octanol–water partition coefficient (Wildman–Crippen LogP) is 1.22. The molecule has 0 amide bonds. The fourth-order valence-corrected chi connectivity index (χ4v) is 1.45. The molecule has 0 aromatic rings. The van der Waals surface area contributed by atoms with E-state index in [-0.39, 0.29) is 12.7 Å². The SMILES string of the molecule is C=CC(=O)OC(C)(C)C(=O)OCC1CCCO1. The number of rotatable bonds is 5. The summed E-state index contributed by atoms with van der Waals surface area (Å²) in [7, 11) is 0. The third kappa shape index (κ3) is 4.19. The van der Waals surface area contributed by atoms with Gasteiger partial charge in [-0.2, -0.15) is 0 Å². The lowest BCUT2D eigenvalue weighted by Gasteiger charge is -2.23. The van der Waals surface area contributed by atoms with Crippen molar-refractivity contribution in [2.45, 2.75) is 38.4 Å². The standard InChI is InChI=1S/C12H18O5/c1-4-10(13)17-12(2,3)11(14)16-8-9-6-5-7-15-9/h4,9H,1,5-8H2,2-3H3. The van der Waals surface area contributed by atoms with Crippen molar-refractivity contribution >= 4 is 11.9 Å². The van der Waals surface area contributed by atoms with Gasteiger partial charge in [-0.3, -0.25) is 0 Å². The first-order valence-electron chi connectivity index (χ1n) is 5.60. The fourth-order valence-electron chi connectivity index (χ4n) is 1.45. The molecular weight excluding hydrogens is 224 g/mol. The molecule has 0 saturated carbocycles. The second-order valence-corrected chi connectivity index (χ2v) is 4.37. The van der Waals surface area contributed by atoms with Crippen molar-refractivity contribution in [2.75, 3.05) is 13.2 Å². The molecule has 1 atom stereocenters. The van der Waals surface area contributed by atoms with Crippen LogP contribution in [0.3, 0.4) is 0 Å². The summed E-state index contributed by atoms with van der Waals surface area (Å²) < 4.78 is 15.3. The van der Waals surface area contributed by atoms with Gasteiger partial charge < -0.3 is 14.2 Å². The maximum absolute atomic E-state index is 11.7. The van der Waals surface area contributed by atoms with E-state index >= 15 is 0 Å². The Morgan fingerprint density at radius 3 is 2.76 bits per heavy atom. The van der Waals surface area contributed by atoms with Gasteiger partial charge >= 0.3 is 11.9 Å². The zero-order valence-corrected chi connectivity index (χ0v) is 10.2. The molecule has 0 aromatic carbocycles. The first kappa shape index (κ1) is 13.7. The molecule has 0 radical (unpaired) electrons. The van der Waals surface area contributed by atoms with Crippen LogP contribution in [0.15, 0.2) is 12.7 Å².